The summed E-state index contributed by atoms with van der Waals surface area (Å²) >= 11 is 0. The first-order chi connectivity index (χ1) is 12.3. The maximum atomic E-state index is 11.8. The minimum absolute atomic E-state index is 0.0177. The van der Waals surface area contributed by atoms with Crippen LogP contribution in [-0.4, -0.2) is 23.3 Å². The summed E-state index contributed by atoms with van der Waals surface area (Å²) in [5, 5.41) is 10.6. The Bertz CT molecular complexity index is 798. The van der Waals surface area contributed by atoms with Crippen molar-refractivity contribution >= 4 is 17.5 Å². The first-order valence-electron chi connectivity index (χ1n) is 7.85. The van der Waals surface area contributed by atoms with Gasteiger partial charge in [0.2, 0.25) is 5.91 Å². The fourth-order valence-electron chi connectivity index (χ4n) is 2.31. The summed E-state index contributed by atoms with van der Waals surface area (Å²) in [4.78, 5) is 33.6. The number of hydrogen-bond acceptors (Lipinski definition) is 5. The molecule has 0 aromatic heterocycles. The van der Waals surface area contributed by atoms with E-state index >= 15 is 0 Å². The van der Waals surface area contributed by atoms with Crippen LogP contribution in [0, 0.1) is 24.0 Å². The molecule has 0 unspecified atom stereocenters. The van der Waals surface area contributed by atoms with E-state index in [0.29, 0.717) is 11.3 Å². The second-order valence-electron chi connectivity index (χ2n) is 5.81. The number of non-ortho nitro benzene ring substituents is 1. The van der Waals surface area contributed by atoms with Crippen LogP contribution in [0.1, 0.15) is 16.7 Å². The Hall–Kier alpha value is -3.42. The van der Waals surface area contributed by atoms with Crippen LogP contribution in [0.25, 0.3) is 0 Å². The molecule has 136 valence electrons. The number of benzene rings is 2. The minimum atomic E-state index is -0.514. The molecule has 0 aliphatic carbocycles. The van der Waals surface area contributed by atoms with Crippen molar-refractivity contribution in [2.45, 2.75) is 20.3 Å². The Balaban J connectivity index is 1.75. The molecule has 0 spiro atoms. The molecule has 0 bridgehead atoms. The molecule has 26 heavy (non-hydrogen) atoms. The quantitative estimate of drug-likeness (QED) is 0.607. The first-order valence-corrected chi connectivity index (χ1v) is 7.85. The number of carbonyl (C=O) groups is 2. The number of carbonyl (C=O) groups excluding carboxylic acids is 2. The number of hydrazine groups is 1. The number of nitro groups is 1. The number of ether oxygens (including phenoxy) is 1. The normalized spacial score (nSPS) is 10.1. The lowest BCUT2D eigenvalue weighted by atomic mass is 10.1. The lowest BCUT2D eigenvalue weighted by molar-refractivity contribution is -0.384. The van der Waals surface area contributed by atoms with Crippen LogP contribution >= 0.6 is 0 Å². The van der Waals surface area contributed by atoms with Gasteiger partial charge in [0, 0.05) is 12.1 Å². The SMILES string of the molecule is Cc1cc(C)cc(OCC(=O)NNC(=O)Cc2ccc([N+](=O)[O-])cc2)c1. The van der Waals surface area contributed by atoms with Crippen LogP contribution in [0.15, 0.2) is 42.5 Å². The van der Waals surface area contributed by atoms with Crippen molar-refractivity contribution in [3.63, 3.8) is 0 Å². The number of nitro benzene ring substituents is 1. The molecule has 0 heterocycles. The number of hydrogen-bond donors (Lipinski definition) is 2. The molecule has 0 aliphatic heterocycles. The van der Waals surface area contributed by atoms with Crippen LogP contribution in [0.3, 0.4) is 0 Å². The molecule has 0 saturated carbocycles. The number of aryl methyl sites for hydroxylation is 2. The van der Waals surface area contributed by atoms with E-state index in [1.807, 2.05) is 32.0 Å². The monoisotopic (exact) mass is 357 g/mol. The fourth-order valence-corrected chi connectivity index (χ4v) is 2.31. The smallest absolute Gasteiger partial charge is 0.276 e. The lowest BCUT2D eigenvalue weighted by Crippen LogP contribution is -2.44. The van der Waals surface area contributed by atoms with Crippen molar-refractivity contribution < 1.29 is 19.2 Å². The summed E-state index contributed by atoms with van der Waals surface area (Å²) in [6.45, 7) is 3.62. The van der Waals surface area contributed by atoms with E-state index in [1.54, 1.807) is 0 Å². The molecular formula is C18H19N3O5. The summed E-state index contributed by atoms with van der Waals surface area (Å²) in [5.41, 5.74) is 7.13. The summed E-state index contributed by atoms with van der Waals surface area (Å²) in [6, 6.07) is 11.2. The van der Waals surface area contributed by atoms with Gasteiger partial charge in [0.1, 0.15) is 5.75 Å². The maximum absolute atomic E-state index is 11.8. The number of amides is 2. The van der Waals surface area contributed by atoms with Crippen molar-refractivity contribution in [2.75, 3.05) is 6.61 Å². The van der Waals surface area contributed by atoms with Gasteiger partial charge in [-0.25, -0.2) is 0 Å². The standard InChI is InChI=1S/C18H19N3O5/c1-12-7-13(2)9-16(8-12)26-11-18(23)20-19-17(22)10-14-3-5-15(6-4-14)21(24)25/h3-9H,10-11H2,1-2H3,(H,19,22)(H,20,23). The molecule has 0 aliphatic rings. The van der Waals surface area contributed by atoms with Crippen molar-refractivity contribution in [3.8, 4) is 5.75 Å². The third kappa shape index (κ3) is 5.90. The molecule has 0 fully saturated rings. The highest BCUT2D eigenvalue weighted by atomic mass is 16.6. The van der Waals surface area contributed by atoms with Crippen molar-refractivity contribution in [2.24, 2.45) is 0 Å². The Morgan fingerprint density at radius 2 is 1.58 bits per heavy atom. The molecular weight excluding hydrogens is 338 g/mol. The van der Waals surface area contributed by atoms with Crippen LogP contribution in [0.5, 0.6) is 5.75 Å². The van der Waals surface area contributed by atoms with Gasteiger partial charge in [-0.2, -0.15) is 0 Å². The van der Waals surface area contributed by atoms with Crippen molar-refractivity contribution in [1.29, 1.82) is 0 Å². The zero-order valence-electron chi connectivity index (χ0n) is 14.4. The van der Waals surface area contributed by atoms with Gasteiger partial charge >= 0.3 is 0 Å². The molecule has 2 rings (SSSR count). The first kappa shape index (κ1) is 18.9. The summed E-state index contributed by atoms with van der Waals surface area (Å²) in [7, 11) is 0. The van der Waals surface area contributed by atoms with Gasteiger partial charge in [-0.1, -0.05) is 18.2 Å². The summed E-state index contributed by atoms with van der Waals surface area (Å²) in [6.07, 6.45) is -0.0177. The van der Waals surface area contributed by atoms with Crippen molar-refractivity contribution in [1.82, 2.24) is 10.9 Å². The van der Waals surface area contributed by atoms with Crippen LogP contribution in [0.2, 0.25) is 0 Å². The number of nitrogens with one attached hydrogen (secondary N) is 2. The minimum Gasteiger partial charge on any atom is -0.484 e. The summed E-state index contributed by atoms with van der Waals surface area (Å²) in [5.74, 6) is -0.366. The van der Waals surface area contributed by atoms with Gasteiger partial charge in [-0.3, -0.25) is 30.6 Å². The zero-order valence-corrected chi connectivity index (χ0v) is 14.4. The topological polar surface area (TPSA) is 111 Å². The molecule has 0 radical (unpaired) electrons. The lowest BCUT2D eigenvalue weighted by Gasteiger charge is -2.10. The van der Waals surface area contributed by atoms with E-state index in [9.17, 15) is 19.7 Å². The highest BCUT2D eigenvalue weighted by Crippen LogP contribution is 2.16. The summed E-state index contributed by atoms with van der Waals surface area (Å²) < 4.78 is 5.39. The predicted molar refractivity (Wildman–Crippen MR) is 94.5 cm³/mol. The number of nitrogens with zero attached hydrogens (tertiary/aromatic N) is 1. The largest absolute Gasteiger partial charge is 0.484 e. The van der Waals surface area contributed by atoms with E-state index in [0.717, 1.165) is 11.1 Å². The van der Waals surface area contributed by atoms with Crippen LogP contribution < -0.4 is 15.6 Å². The number of rotatable bonds is 6. The van der Waals surface area contributed by atoms with Gasteiger partial charge in [0.25, 0.3) is 11.6 Å². The molecule has 2 amide bonds. The van der Waals surface area contributed by atoms with E-state index in [2.05, 4.69) is 10.9 Å². The molecule has 2 aromatic carbocycles. The van der Waals surface area contributed by atoms with Crippen LogP contribution in [-0.2, 0) is 16.0 Å². The molecule has 2 aromatic rings. The molecule has 0 saturated heterocycles. The van der Waals surface area contributed by atoms with Crippen molar-refractivity contribution in [3.05, 3.63) is 69.3 Å². The third-order valence-corrected chi connectivity index (χ3v) is 3.42. The average Bonchev–Trinajstić information content (AvgIpc) is 2.58. The van der Waals surface area contributed by atoms with E-state index in [4.69, 9.17) is 4.74 Å². The molecule has 2 N–H and O–H groups in total. The Kier molecular flexibility index (Phi) is 6.26. The van der Waals surface area contributed by atoms with Crippen LogP contribution in [0.4, 0.5) is 5.69 Å². The Morgan fingerprint density at radius 3 is 2.15 bits per heavy atom. The second-order valence-corrected chi connectivity index (χ2v) is 5.81. The molecule has 0 atom stereocenters. The van der Waals surface area contributed by atoms with E-state index < -0.39 is 16.7 Å². The van der Waals surface area contributed by atoms with E-state index in [-0.39, 0.29) is 18.7 Å². The Morgan fingerprint density at radius 1 is 1.00 bits per heavy atom. The third-order valence-electron chi connectivity index (χ3n) is 3.42. The molecule has 8 nitrogen and oxygen atoms in total. The van der Waals surface area contributed by atoms with Gasteiger partial charge < -0.3 is 4.74 Å². The maximum Gasteiger partial charge on any atom is 0.276 e. The second kappa shape index (κ2) is 8.61. The average molecular weight is 357 g/mol. The molecule has 8 heteroatoms. The highest BCUT2D eigenvalue weighted by molar-refractivity contribution is 5.83. The zero-order chi connectivity index (χ0) is 19.1. The van der Waals surface area contributed by atoms with Gasteiger partial charge in [-0.05, 0) is 42.7 Å². The van der Waals surface area contributed by atoms with E-state index in [1.165, 1.54) is 24.3 Å². The Labute approximate surface area is 150 Å². The van der Waals surface area contributed by atoms with Gasteiger partial charge in [0.15, 0.2) is 6.61 Å². The fraction of sp³-hybridized carbons (Fsp3) is 0.222. The predicted octanol–water partition coefficient (Wildman–Crippen LogP) is 1.98. The van der Waals surface area contributed by atoms with Gasteiger partial charge in [0.05, 0.1) is 11.3 Å². The van der Waals surface area contributed by atoms with Gasteiger partial charge in [-0.15, -0.1) is 0 Å². The highest BCUT2D eigenvalue weighted by Gasteiger charge is 2.09.